The highest BCUT2D eigenvalue weighted by Crippen LogP contribution is 2.43. The Balaban J connectivity index is 1.44. The SMILES string of the molecule is C[C@@]1(c2cccc(Nc3ccc(F)cc3)c2Cl)CC(=O)N(C2CC3CCC2O3)C(N)=N1. The zero-order valence-corrected chi connectivity index (χ0v) is 17.9. The predicted octanol–water partition coefficient (Wildman–Crippen LogP) is 4.30. The van der Waals surface area contributed by atoms with E-state index in [0.717, 1.165) is 19.3 Å². The average molecular weight is 443 g/mol. The lowest BCUT2D eigenvalue weighted by molar-refractivity contribution is -0.132. The molecule has 2 bridgehead atoms. The molecule has 2 saturated heterocycles. The molecule has 3 aliphatic rings. The molecule has 2 aromatic carbocycles. The lowest BCUT2D eigenvalue weighted by Crippen LogP contribution is -2.56. The van der Waals surface area contributed by atoms with Crippen LogP contribution in [0.3, 0.4) is 0 Å². The number of hydrogen-bond donors (Lipinski definition) is 2. The summed E-state index contributed by atoms with van der Waals surface area (Å²) in [6.07, 6.45) is 3.22. The molecule has 3 aliphatic heterocycles. The number of nitrogens with one attached hydrogen (secondary N) is 1. The number of fused-ring (bicyclic) bond motifs is 2. The van der Waals surface area contributed by atoms with E-state index in [1.165, 1.54) is 12.1 Å². The molecule has 3 N–H and O–H groups in total. The van der Waals surface area contributed by atoms with Crippen LogP contribution < -0.4 is 11.1 Å². The summed E-state index contributed by atoms with van der Waals surface area (Å²) in [4.78, 5) is 19.6. The topological polar surface area (TPSA) is 80.0 Å². The fraction of sp³-hybridized carbons (Fsp3) is 0.391. The molecule has 0 spiro atoms. The number of amides is 1. The largest absolute Gasteiger partial charge is 0.373 e. The van der Waals surface area contributed by atoms with E-state index < -0.39 is 5.54 Å². The number of anilines is 2. The summed E-state index contributed by atoms with van der Waals surface area (Å²) in [5, 5.41) is 3.65. The number of halogens is 2. The van der Waals surface area contributed by atoms with Gasteiger partial charge in [0.25, 0.3) is 0 Å². The van der Waals surface area contributed by atoms with Gasteiger partial charge in [-0.1, -0.05) is 23.7 Å². The van der Waals surface area contributed by atoms with Crippen molar-refractivity contribution in [3.8, 4) is 0 Å². The molecule has 0 aliphatic carbocycles. The van der Waals surface area contributed by atoms with Crippen LogP contribution in [0, 0.1) is 5.82 Å². The van der Waals surface area contributed by atoms with E-state index in [1.807, 2.05) is 25.1 Å². The van der Waals surface area contributed by atoms with Gasteiger partial charge in [-0.05, 0) is 56.5 Å². The van der Waals surface area contributed by atoms with Gasteiger partial charge in [-0.2, -0.15) is 0 Å². The average Bonchev–Trinajstić information content (AvgIpc) is 3.34. The minimum Gasteiger partial charge on any atom is -0.373 e. The van der Waals surface area contributed by atoms with Crippen molar-refractivity contribution in [3.63, 3.8) is 0 Å². The third-order valence-electron chi connectivity index (χ3n) is 6.48. The molecule has 0 saturated carbocycles. The van der Waals surface area contributed by atoms with Crippen molar-refractivity contribution in [2.75, 3.05) is 5.32 Å². The third kappa shape index (κ3) is 3.55. The summed E-state index contributed by atoms with van der Waals surface area (Å²) in [6, 6.07) is 11.5. The number of guanidine groups is 1. The van der Waals surface area contributed by atoms with Crippen molar-refractivity contribution in [2.24, 2.45) is 10.7 Å². The Hall–Kier alpha value is -2.64. The second-order valence-corrected chi connectivity index (χ2v) is 9.04. The van der Waals surface area contributed by atoms with Gasteiger partial charge in [0.2, 0.25) is 5.91 Å². The lowest BCUT2D eigenvalue weighted by atomic mass is 9.86. The summed E-state index contributed by atoms with van der Waals surface area (Å²) in [7, 11) is 0. The lowest BCUT2D eigenvalue weighted by Gasteiger charge is -2.40. The van der Waals surface area contributed by atoms with Crippen molar-refractivity contribution in [1.29, 1.82) is 0 Å². The number of nitrogens with zero attached hydrogens (tertiary/aromatic N) is 2. The van der Waals surface area contributed by atoms with Crippen LogP contribution in [-0.4, -0.2) is 35.0 Å². The van der Waals surface area contributed by atoms with E-state index in [-0.39, 0.29) is 42.4 Å². The minimum absolute atomic E-state index is 0.0403. The maximum atomic E-state index is 13.2. The van der Waals surface area contributed by atoms with Gasteiger partial charge in [0.05, 0.1) is 40.9 Å². The van der Waals surface area contributed by atoms with Crippen LogP contribution in [0.25, 0.3) is 0 Å². The standard InChI is InChI=1S/C23H24ClFN4O2/c1-23(12-20(30)29(22(26)28-23)18-11-15-9-10-19(18)31-15)16-3-2-4-17(21(16)24)27-14-7-5-13(25)6-8-14/h2-8,15,18-19,27H,9-12H2,1H3,(H2,26,28)/t15?,18?,19?,23-/m0/s1. The van der Waals surface area contributed by atoms with Crippen molar-refractivity contribution < 1.29 is 13.9 Å². The highest BCUT2D eigenvalue weighted by molar-refractivity contribution is 6.34. The minimum atomic E-state index is -0.881. The summed E-state index contributed by atoms with van der Waals surface area (Å²) >= 11 is 6.73. The zero-order chi connectivity index (χ0) is 21.8. The van der Waals surface area contributed by atoms with Crippen molar-refractivity contribution in [1.82, 2.24) is 4.90 Å². The molecule has 162 valence electrons. The third-order valence-corrected chi connectivity index (χ3v) is 6.89. The van der Waals surface area contributed by atoms with Crippen LogP contribution in [0.5, 0.6) is 0 Å². The first-order chi connectivity index (χ1) is 14.8. The van der Waals surface area contributed by atoms with Crippen LogP contribution in [0.15, 0.2) is 47.5 Å². The van der Waals surface area contributed by atoms with Crippen LogP contribution in [0.4, 0.5) is 15.8 Å². The Morgan fingerprint density at radius 2 is 2.03 bits per heavy atom. The fourth-order valence-corrected chi connectivity index (χ4v) is 5.36. The zero-order valence-electron chi connectivity index (χ0n) is 17.1. The Morgan fingerprint density at radius 3 is 2.68 bits per heavy atom. The van der Waals surface area contributed by atoms with Gasteiger partial charge < -0.3 is 15.8 Å². The van der Waals surface area contributed by atoms with Gasteiger partial charge in [0.15, 0.2) is 5.96 Å². The smallest absolute Gasteiger partial charge is 0.232 e. The molecular formula is C23H24ClFN4O2. The van der Waals surface area contributed by atoms with Gasteiger partial charge in [0.1, 0.15) is 5.82 Å². The second kappa shape index (κ2) is 7.50. The van der Waals surface area contributed by atoms with E-state index in [9.17, 15) is 9.18 Å². The van der Waals surface area contributed by atoms with Crippen LogP contribution in [0.2, 0.25) is 5.02 Å². The van der Waals surface area contributed by atoms with Crippen molar-refractivity contribution >= 4 is 34.8 Å². The Labute approximate surface area is 185 Å². The van der Waals surface area contributed by atoms with E-state index in [4.69, 9.17) is 27.1 Å². The van der Waals surface area contributed by atoms with Gasteiger partial charge in [-0.25, -0.2) is 9.38 Å². The molecule has 5 rings (SSSR count). The van der Waals surface area contributed by atoms with Crippen LogP contribution in [0.1, 0.15) is 38.2 Å². The first kappa shape index (κ1) is 20.3. The number of rotatable bonds is 4. The van der Waals surface area contributed by atoms with Gasteiger partial charge in [-0.15, -0.1) is 0 Å². The van der Waals surface area contributed by atoms with Crippen molar-refractivity contribution in [3.05, 3.63) is 58.9 Å². The first-order valence-electron chi connectivity index (χ1n) is 10.5. The molecule has 3 heterocycles. The molecule has 4 atom stereocenters. The number of hydrogen-bond acceptors (Lipinski definition) is 5. The van der Waals surface area contributed by atoms with E-state index in [2.05, 4.69) is 5.32 Å². The quantitative estimate of drug-likeness (QED) is 0.739. The molecule has 2 aromatic rings. The highest BCUT2D eigenvalue weighted by Gasteiger charge is 2.49. The molecule has 8 heteroatoms. The Morgan fingerprint density at radius 1 is 1.26 bits per heavy atom. The summed E-state index contributed by atoms with van der Waals surface area (Å²) in [5.41, 5.74) is 7.51. The number of nitrogens with two attached hydrogens (primary N) is 1. The molecular weight excluding hydrogens is 419 g/mol. The van der Waals surface area contributed by atoms with Gasteiger partial charge >= 0.3 is 0 Å². The highest BCUT2D eigenvalue weighted by atomic mass is 35.5. The number of benzene rings is 2. The maximum absolute atomic E-state index is 13.2. The predicted molar refractivity (Wildman–Crippen MR) is 118 cm³/mol. The molecule has 6 nitrogen and oxygen atoms in total. The number of carbonyl (C=O) groups excluding carboxylic acids is 1. The van der Waals surface area contributed by atoms with Crippen LogP contribution in [-0.2, 0) is 15.1 Å². The molecule has 2 fully saturated rings. The Bertz CT molecular complexity index is 1060. The first-order valence-corrected chi connectivity index (χ1v) is 10.9. The summed E-state index contributed by atoms with van der Waals surface area (Å²) in [5.74, 6) is -0.161. The van der Waals surface area contributed by atoms with E-state index in [1.54, 1.807) is 17.0 Å². The molecule has 0 aromatic heterocycles. The molecule has 3 unspecified atom stereocenters. The normalized spacial score (nSPS) is 29.9. The van der Waals surface area contributed by atoms with Crippen LogP contribution >= 0.6 is 11.6 Å². The Kier molecular flexibility index (Phi) is 4.90. The molecule has 0 radical (unpaired) electrons. The van der Waals surface area contributed by atoms with Gasteiger partial charge in [-0.3, -0.25) is 9.69 Å². The fourth-order valence-electron chi connectivity index (χ4n) is 4.98. The summed E-state index contributed by atoms with van der Waals surface area (Å²) in [6.45, 7) is 1.87. The number of carbonyl (C=O) groups is 1. The van der Waals surface area contributed by atoms with Crippen molar-refractivity contribution in [2.45, 2.75) is 56.4 Å². The molecule has 31 heavy (non-hydrogen) atoms. The summed E-state index contributed by atoms with van der Waals surface area (Å²) < 4.78 is 19.1. The molecule has 1 amide bonds. The monoisotopic (exact) mass is 442 g/mol. The maximum Gasteiger partial charge on any atom is 0.232 e. The van der Waals surface area contributed by atoms with E-state index in [0.29, 0.717) is 22.0 Å². The number of aliphatic imine (C=N–C) groups is 1. The van der Waals surface area contributed by atoms with E-state index >= 15 is 0 Å². The number of ether oxygens (including phenoxy) is 1. The van der Waals surface area contributed by atoms with Gasteiger partial charge in [0, 0.05) is 11.3 Å². The second-order valence-electron chi connectivity index (χ2n) is 8.66.